The quantitative estimate of drug-likeness (QED) is 0.368. The predicted octanol–water partition coefficient (Wildman–Crippen LogP) is 4.31. The van der Waals surface area contributed by atoms with Gasteiger partial charge in [0.15, 0.2) is 11.5 Å². The van der Waals surface area contributed by atoms with Gasteiger partial charge in [-0.3, -0.25) is 4.79 Å². The second-order valence-corrected chi connectivity index (χ2v) is 7.27. The Bertz CT molecular complexity index is 871. The summed E-state index contributed by atoms with van der Waals surface area (Å²) in [7, 11) is 1.56. The lowest BCUT2D eigenvalue weighted by Gasteiger charge is -2.14. The first kappa shape index (κ1) is 20.8. The van der Waals surface area contributed by atoms with Crippen molar-refractivity contribution in [3.63, 3.8) is 0 Å². The van der Waals surface area contributed by atoms with Gasteiger partial charge in [-0.15, -0.1) is 0 Å². The first-order chi connectivity index (χ1) is 12.9. The number of ether oxygens (including phenoxy) is 2. The molecule has 1 amide bonds. The maximum atomic E-state index is 12.1. The molecule has 0 heterocycles. The zero-order chi connectivity index (χ0) is 19.8. The van der Waals surface area contributed by atoms with Gasteiger partial charge < -0.3 is 14.8 Å². The first-order valence-corrected chi connectivity index (χ1v) is 9.49. The molecule has 0 saturated carbocycles. The van der Waals surface area contributed by atoms with Crippen molar-refractivity contribution in [1.82, 2.24) is 5.32 Å². The maximum absolute atomic E-state index is 12.1. The molecular weight excluding hydrogens is 455 g/mol. The average Bonchev–Trinajstić information content (AvgIpc) is 2.65. The van der Waals surface area contributed by atoms with E-state index in [-0.39, 0.29) is 11.6 Å². The van der Waals surface area contributed by atoms with Gasteiger partial charge in [-0.2, -0.15) is 5.26 Å². The van der Waals surface area contributed by atoms with E-state index in [1.54, 1.807) is 19.3 Å². The first-order valence-electron chi connectivity index (χ1n) is 8.41. The van der Waals surface area contributed by atoms with E-state index in [4.69, 9.17) is 9.47 Å². The molecule has 2 aromatic carbocycles. The van der Waals surface area contributed by atoms with Crippen LogP contribution in [0.5, 0.6) is 11.5 Å². The van der Waals surface area contributed by atoms with Crippen LogP contribution in [0.1, 0.15) is 25.0 Å². The van der Waals surface area contributed by atoms with E-state index in [2.05, 4.69) is 27.9 Å². The van der Waals surface area contributed by atoms with Crippen LogP contribution in [0.25, 0.3) is 6.08 Å². The molecule has 1 N–H and O–H groups in total. The highest BCUT2D eigenvalue weighted by Crippen LogP contribution is 2.35. The summed E-state index contributed by atoms with van der Waals surface area (Å²) in [5.74, 6) is 0.778. The second kappa shape index (κ2) is 9.97. The van der Waals surface area contributed by atoms with Crippen molar-refractivity contribution in [3.05, 3.63) is 62.7 Å². The summed E-state index contributed by atoms with van der Waals surface area (Å²) in [6, 6.07) is 15.4. The molecule has 0 radical (unpaired) electrons. The van der Waals surface area contributed by atoms with Gasteiger partial charge in [0, 0.05) is 6.04 Å². The number of rotatable bonds is 7. The molecule has 0 aliphatic rings. The Balaban J connectivity index is 2.28. The van der Waals surface area contributed by atoms with Crippen molar-refractivity contribution < 1.29 is 14.3 Å². The summed E-state index contributed by atoms with van der Waals surface area (Å²) in [5.41, 5.74) is 1.79. The Kier molecular flexibility index (Phi) is 7.67. The largest absolute Gasteiger partial charge is 0.493 e. The smallest absolute Gasteiger partial charge is 0.262 e. The number of hydrogen-bond donors (Lipinski definition) is 1. The molecule has 0 bridgehead atoms. The summed E-state index contributed by atoms with van der Waals surface area (Å²) >= 11 is 2.16. The molecule has 0 aromatic heterocycles. The van der Waals surface area contributed by atoms with Crippen LogP contribution in [0, 0.1) is 14.9 Å². The molecule has 6 heteroatoms. The maximum Gasteiger partial charge on any atom is 0.262 e. The number of nitrogens with zero attached hydrogens (tertiary/aromatic N) is 1. The lowest BCUT2D eigenvalue weighted by Crippen LogP contribution is -2.30. The van der Waals surface area contributed by atoms with Crippen LogP contribution >= 0.6 is 22.6 Å². The summed E-state index contributed by atoms with van der Waals surface area (Å²) in [5, 5.41) is 12.0. The number of benzene rings is 2. The number of amides is 1. The second-order valence-electron chi connectivity index (χ2n) is 6.11. The van der Waals surface area contributed by atoms with E-state index >= 15 is 0 Å². The third-order valence-corrected chi connectivity index (χ3v) is 4.37. The minimum Gasteiger partial charge on any atom is -0.493 e. The van der Waals surface area contributed by atoms with Gasteiger partial charge in [-0.25, -0.2) is 0 Å². The standard InChI is InChI=1S/C21H21IN2O3/c1-14(2)24-21(25)17(12-23)9-16-10-18(22)20(19(11-16)26-3)27-13-15-7-5-4-6-8-15/h4-11,14H,13H2,1-3H3,(H,24,25)/b17-9-. The fraction of sp³-hybridized carbons (Fsp3) is 0.238. The Morgan fingerprint density at radius 1 is 1.30 bits per heavy atom. The number of carbonyl (C=O) groups is 1. The van der Waals surface area contributed by atoms with Gasteiger partial charge in [0.25, 0.3) is 5.91 Å². The molecular formula is C21H21IN2O3. The average molecular weight is 476 g/mol. The van der Waals surface area contributed by atoms with E-state index in [1.165, 1.54) is 0 Å². The van der Waals surface area contributed by atoms with Crippen LogP contribution in [0.4, 0.5) is 0 Å². The molecule has 27 heavy (non-hydrogen) atoms. The molecule has 0 aliphatic carbocycles. The lowest BCUT2D eigenvalue weighted by atomic mass is 10.1. The Morgan fingerprint density at radius 2 is 2.00 bits per heavy atom. The zero-order valence-electron chi connectivity index (χ0n) is 15.5. The third-order valence-electron chi connectivity index (χ3n) is 3.57. The molecule has 0 atom stereocenters. The topological polar surface area (TPSA) is 71.3 Å². The van der Waals surface area contributed by atoms with E-state index < -0.39 is 5.91 Å². The van der Waals surface area contributed by atoms with Gasteiger partial charge in [-0.05, 0) is 65.8 Å². The molecule has 0 saturated heterocycles. The van der Waals surface area contributed by atoms with Gasteiger partial charge in [-0.1, -0.05) is 30.3 Å². The number of halogens is 1. The van der Waals surface area contributed by atoms with Crippen LogP contribution in [0.3, 0.4) is 0 Å². The van der Waals surface area contributed by atoms with Gasteiger partial charge in [0.05, 0.1) is 10.7 Å². The predicted molar refractivity (Wildman–Crippen MR) is 113 cm³/mol. The van der Waals surface area contributed by atoms with Crippen LogP contribution < -0.4 is 14.8 Å². The van der Waals surface area contributed by atoms with Crippen LogP contribution in [0.15, 0.2) is 48.0 Å². The number of carbonyl (C=O) groups excluding carboxylic acids is 1. The van der Waals surface area contributed by atoms with E-state index in [0.29, 0.717) is 23.7 Å². The fourth-order valence-corrected chi connectivity index (χ4v) is 3.13. The Morgan fingerprint density at radius 3 is 2.59 bits per heavy atom. The summed E-state index contributed by atoms with van der Waals surface area (Å²) in [6.45, 7) is 4.11. The number of nitriles is 1. The minimum atomic E-state index is -0.397. The fourth-order valence-electron chi connectivity index (χ4n) is 2.35. The molecule has 0 spiro atoms. The van der Waals surface area contributed by atoms with E-state index in [1.807, 2.05) is 56.3 Å². The lowest BCUT2D eigenvalue weighted by molar-refractivity contribution is -0.117. The van der Waals surface area contributed by atoms with Crippen molar-refractivity contribution in [3.8, 4) is 17.6 Å². The normalized spacial score (nSPS) is 11.0. The summed E-state index contributed by atoms with van der Waals surface area (Å²) in [6.07, 6.45) is 1.55. The van der Waals surface area contributed by atoms with E-state index in [0.717, 1.165) is 9.13 Å². The number of methoxy groups -OCH3 is 1. The zero-order valence-corrected chi connectivity index (χ0v) is 17.6. The molecule has 0 unspecified atom stereocenters. The van der Waals surface area contributed by atoms with Crippen molar-refractivity contribution in [1.29, 1.82) is 5.26 Å². The molecule has 140 valence electrons. The Hall–Kier alpha value is -2.53. The van der Waals surface area contributed by atoms with Crippen molar-refractivity contribution in [2.24, 2.45) is 0 Å². The third kappa shape index (κ3) is 6.00. The van der Waals surface area contributed by atoms with Gasteiger partial charge in [0.2, 0.25) is 0 Å². The molecule has 0 aliphatic heterocycles. The molecule has 2 aromatic rings. The monoisotopic (exact) mass is 476 g/mol. The molecule has 0 fully saturated rings. The highest BCUT2D eigenvalue weighted by molar-refractivity contribution is 14.1. The molecule has 5 nitrogen and oxygen atoms in total. The highest BCUT2D eigenvalue weighted by Gasteiger charge is 2.14. The molecule has 2 rings (SSSR count). The van der Waals surface area contributed by atoms with E-state index in [9.17, 15) is 10.1 Å². The highest BCUT2D eigenvalue weighted by atomic mass is 127. The SMILES string of the molecule is COc1cc(/C=C(/C#N)C(=O)NC(C)C)cc(I)c1OCc1ccccc1. The van der Waals surface area contributed by atoms with Gasteiger partial charge >= 0.3 is 0 Å². The minimum absolute atomic E-state index is 0.0412. The van der Waals surface area contributed by atoms with Crippen molar-refractivity contribution in [2.75, 3.05) is 7.11 Å². The number of hydrogen-bond acceptors (Lipinski definition) is 4. The Labute approximate surface area is 173 Å². The van der Waals surface area contributed by atoms with Gasteiger partial charge in [0.1, 0.15) is 18.2 Å². The van der Waals surface area contributed by atoms with Crippen molar-refractivity contribution in [2.45, 2.75) is 26.5 Å². The van der Waals surface area contributed by atoms with Crippen LogP contribution in [0.2, 0.25) is 0 Å². The summed E-state index contributed by atoms with van der Waals surface area (Å²) < 4.78 is 12.2. The van der Waals surface area contributed by atoms with Crippen molar-refractivity contribution >= 4 is 34.6 Å². The number of nitrogens with one attached hydrogen (secondary N) is 1. The van der Waals surface area contributed by atoms with Crippen LogP contribution in [-0.2, 0) is 11.4 Å². The van der Waals surface area contributed by atoms with Crippen LogP contribution in [-0.4, -0.2) is 19.1 Å². The summed E-state index contributed by atoms with van der Waals surface area (Å²) in [4.78, 5) is 12.1.